The number of rotatable bonds is 5. The van der Waals surface area contributed by atoms with Crippen molar-refractivity contribution < 1.29 is 9.53 Å². The van der Waals surface area contributed by atoms with Gasteiger partial charge in [-0.2, -0.15) is 0 Å². The normalized spacial score (nSPS) is 25.9. The molecule has 110 valence electrons. The number of carbonyl (C=O) groups excluding carboxylic acids is 1. The van der Waals surface area contributed by atoms with E-state index < -0.39 is 5.41 Å². The topological polar surface area (TPSA) is 64.3 Å². The first-order chi connectivity index (χ1) is 9.46. The van der Waals surface area contributed by atoms with E-state index in [0.717, 1.165) is 12.0 Å². The summed E-state index contributed by atoms with van der Waals surface area (Å²) in [7, 11) is 0. The minimum atomic E-state index is -0.576. The predicted octanol–water partition coefficient (Wildman–Crippen LogP) is 1.59. The molecular weight excluding hydrogens is 252 g/mol. The van der Waals surface area contributed by atoms with Crippen LogP contribution in [0.25, 0.3) is 0 Å². The molecule has 0 saturated heterocycles. The molecule has 1 aromatic carbocycles. The van der Waals surface area contributed by atoms with E-state index in [1.807, 2.05) is 51.1 Å². The van der Waals surface area contributed by atoms with Crippen molar-refractivity contribution >= 4 is 5.91 Å². The number of amides is 1. The van der Waals surface area contributed by atoms with Gasteiger partial charge in [0.1, 0.15) is 0 Å². The number of hydrogen-bond acceptors (Lipinski definition) is 3. The zero-order chi connectivity index (χ0) is 14.8. The highest BCUT2D eigenvalue weighted by atomic mass is 16.5. The van der Waals surface area contributed by atoms with Crippen LogP contribution in [-0.2, 0) is 14.9 Å². The first-order valence-electron chi connectivity index (χ1n) is 7.20. The van der Waals surface area contributed by atoms with E-state index in [-0.39, 0.29) is 24.1 Å². The van der Waals surface area contributed by atoms with Gasteiger partial charge in [0.15, 0.2) is 0 Å². The van der Waals surface area contributed by atoms with Crippen molar-refractivity contribution in [3.05, 3.63) is 35.9 Å². The minimum absolute atomic E-state index is 0.00597. The maximum absolute atomic E-state index is 12.5. The van der Waals surface area contributed by atoms with Gasteiger partial charge in [-0.05, 0) is 32.8 Å². The van der Waals surface area contributed by atoms with Crippen LogP contribution >= 0.6 is 0 Å². The lowest BCUT2D eigenvalue weighted by Gasteiger charge is -2.43. The molecule has 4 heteroatoms. The van der Waals surface area contributed by atoms with Gasteiger partial charge in [-0.3, -0.25) is 4.79 Å². The van der Waals surface area contributed by atoms with E-state index >= 15 is 0 Å². The highest BCUT2D eigenvalue weighted by Gasteiger charge is 2.42. The molecule has 3 atom stereocenters. The molecule has 1 amide bonds. The third-order valence-corrected chi connectivity index (χ3v) is 4.11. The van der Waals surface area contributed by atoms with Crippen LogP contribution in [0.2, 0.25) is 0 Å². The molecule has 1 aliphatic rings. The number of carbonyl (C=O) groups is 1. The Labute approximate surface area is 120 Å². The Bertz CT molecular complexity index is 457. The van der Waals surface area contributed by atoms with Crippen molar-refractivity contribution in [3.63, 3.8) is 0 Å². The van der Waals surface area contributed by atoms with Gasteiger partial charge in [0.2, 0.25) is 5.91 Å². The molecule has 0 aliphatic heterocycles. The van der Waals surface area contributed by atoms with Gasteiger partial charge in [-0.15, -0.1) is 0 Å². The third kappa shape index (κ3) is 2.86. The zero-order valence-corrected chi connectivity index (χ0v) is 12.4. The summed E-state index contributed by atoms with van der Waals surface area (Å²) in [4.78, 5) is 12.5. The number of hydrogen-bond donors (Lipinski definition) is 2. The molecule has 20 heavy (non-hydrogen) atoms. The smallest absolute Gasteiger partial charge is 0.230 e. The van der Waals surface area contributed by atoms with Gasteiger partial charge in [0.05, 0.1) is 17.6 Å². The van der Waals surface area contributed by atoms with Crippen LogP contribution in [-0.4, -0.2) is 30.7 Å². The summed E-state index contributed by atoms with van der Waals surface area (Å²) in [6.07, 6.45) is 0.857. The molecule has 0 radical (unpaired) electrons. The molecule has 1 saturated carbocycles. The van der Waals surface area contributed by atoms with E-state index in [0.29, 0.717) is 6.61 Å². The number of benzene rings is 1. The maximum Gasteiger partial charge on any atom is 0.230 e. The molecule has 0 bridgehead atoms. The SMILES string of the molecule is CCOC1CC(N)C1NC(=O)C(C)(C)c1ccccc1. The summed E-state index contributed by atoms with van der Waals surface area (Å²) in [5, 5.41) is 3.05. The fourth-order valence-electron chi connectivity index (χ4n) is 2.54. The fraction of sp³-hybridized carbons (Fsp3) is 0.562. The molecule has 3 unspecified atom stereocenters. The summed E-state index contributed by atoms with van der Waals surface area (Å²) in [6.45, 7) is 6.46. The Balaban J connectivity index is 2.04. The fourth-order valence-corrected chi connectivity index (χ4v) is 2.54. The Morgan fingerprint density at radius 2 is 2.05 bits per heavy atom. The molecule has 1 aliphatic carbocycles. The average molecular weight is 276 g/mol. The summed E-state index contributed by atoms with van der Waals surface area (Å²) in [6, 6.07) is 9.70. The molecule has 4 nitrogen and oxygen atoms in total. The molecule has 2 rings (SSSR count). The van der Waals surface area contributed by atoms with Gasteiger partial charge < -0.3 is 15.8 Å². The summed E-state index contributed by atoms with van der Waals surface area (Å²) >= 11 is 0. The number of nitrogens with one attached hydrogen (secondary N) is 1. The Morgan fingerprint density at radius 3 is 2.60 bits per heavy atom. The molecule has 1 aromatic rings. The van der Waals surface area contributed by atoms with Crippen molar-refractivity contribution in [3.8, 4) is 0 Å². The van der Waals surface area contributed by atoms with Crippen molar-refractivity contribution in [1.82, 2.24) is 5.32 Å². The first-order valence-corrected chi connectivity index (χ1v) is 7.20. The zero-order valence-electron chi connectivity index (χ0n) is 12.4. The Hall–Kier alpha value is -1.39. The molecule has 3 N–H and O–H groups in total. The lowest BCUT2D eigenvalue weighted by molar-refractivity contribution is -0.130. The van der Waals surface area contributed by atoms with Gasteiger partial charge in [-0.1, -0.05) is 30.3 Å². The predicted molar refractivity (Wildman–Crippen MR) is 79.4 cm³/mol. The van der Waals surface area contributed by atoms with E-state index in [2.05, 4.69) is 5.32 Å². The van der Waals surface area contributed by atoms with E-state index in [1.165, 1.54) is 0 Å². The molecule has 1 fully saturated rings. The third-order valence-electron chi connectivity index (χ3n) is 4.11. The standard InChI is InChI=1S/C16H24N2O2/c1-4-20-13-10-12(17)14(13)18-15(19)16(2,3)11-8-6-5-7-9-11/h5-9,12-14H,4,10,17H2,1-3H3,(H,18,19). The molecule has 0 aromatic heterocycles. The van der Waals surface area contributed by atoms with Crippen LogP contribution in [0.1, 0.15) is 32.8 Å². The van der Waals surface area contributed by atoms with Crippen LogP contribution in [0.15, 0.2) is 30.3 Å². The van der Waals surface area contributed by atoms with Crippen molar-refractivity contribution in [1.29, 1.82) is 0 Å². The van der Waals surface area contributed by atoms with E-state index in [1.54, 1.807) is 0 Å². The second kappa shape index (κ2) is 5.94. The van der Waals surface area contributed by atoms with E-state index in [4.69, 9.17) is 10.5 Å². The quantitative estimate of drug-likeness (QED) is 0.858. The van der Waals surface area contributed by atoms with Gasteiger partial charge >= 0.3 is 0 Å². The second-order valence-corrected chi connectivity index (χ2v) is 5.88. The van der Waals surface area contributed by atoms with Gasteiger partial charge in [0.25, 0.3) is 0 Å². The Morgan fingerprint density at radius 1 is 1.40 bits per heavy atom. The van der Waals surface area contributed by atoms with Crippen LogP contribution < -0.4 is 11.1 Å². The molecular formula is C16H24N2O2. The summed E-state index contributed by atoms with van der Waals surface area (Å²) in [5.41, 5.74) is 6.40. The molecule has 0 heterocycles. The number of nitrogens with two attached hydrogens (primary N) is 1. The summed E-state index contributed by atoms with van der Waals surface area (Å²) in [5.74, 6) is -0.00597. The first kappa shape index (κ1) is 15.0. The van der Waals surface area contributed by atoms with Gasteiger partial charge in [-0.25, -0.2) is 0 Å². The Kier molecular flexibility index (Phi) is 4.45. The van der Waals surface area contributed by atoms with Crippen molar-refractivity contribution in [2.45, 2.75) is 50.8 Å². The largest absolute Gasteiger partial charge is 0.376 e. The number of ether oxygens (including phenoxy) is 1. The maximum atomic E-state index is 12.5. The highest BCUT2D eigenvalue weighted by Crippen LogP contribution is 2.27. The van der Waals surface area contributed by atoms with Crippen LogP contribution in [0.5, 0.6) is 0 Å². The second-order valence-electron chi connectivity index (χ2n) is 5.88. The average Bonchev–Trinajstić information content (AvgIpc) is 2.45. The van der Waals surface area contributed by atoms with Crippen LogP contribution in [0.4, 0.5) is 0 Å². The van der Waals surface area contributed by atoms with E-state index in [9.17, 15) is 4.79 Å². The summed E-state index contributed by atoms with van der Waals surface area (Å²) < 4.78 is 5.59. The lowest BCUT2D eigenvalue weighted by Crippen LogP contribution is -2.66. The monoisotopic (exact) mass is 276 g/mol. The van der Waals surface area contributed by atoms with Gasteiger partial charge in [0, 0.05) is 12.6 Å². The van der Waals surface area contributed by atoms with Crippen molar-refractivity contribution in [2.75, 3.05) is 6.61 Å². The minimum Gasteiger partial charge on any atom is -0.376 e. The van der Waals surface area contributed by atoms with Crippen LogP contribution in [0, 0.1) is 0 Å². The molecule has 0 spiro atoms. The lowest BCUT2D eigenvalue weighted by atomic mass is 9.80. The van der Waals surface area contributed by atoms with Crippen LogP contribution in [0.3, 0.4) is 0 Å². The van der Waals surface area contributed by atoms with Crippen molar-refractivity contribution in [2.24, 2.45) is 5.73 Å². The highest BCUT2D eigenvalue weighted by molar-refractivity contribution is 5.87.